The first-order chi connectivity index (χ1) is 11.6. The quantitative estimate of drug-likeness (QED) is 0.856. The van der Waals surface area contributed by atoms with Crippen LogP contribution in [0.1, 0.15) is 30.9 Å². The van der Waals surface area contributed by atoms with Crippen LogP contribution in [0.15, 0.2) is 48.5 Å². The summed E-state index contributed by atoms with van der Waals surface area (Å²) in [7, 11) is 0. The number of rotatable bonds is 4. The molecule has 24 heavy (non-hydrogen) atoms. The molecule has 4 heteroatoms. The number of anilines is 1. The van der Waals surface area contributed by atoms with Crippen LogP contribution in [0.5, 0.6) is 11.5 Å². The van der Waals surface area contributed by atoms with Crippen molar-refractivity contribution in [3.05, 3.63) is 59.7 Å². The number of carbonyl (C=O) groups excluding carboxylic acids is 1. The normalized spacial score (nSPS) is 13.3. The molecule has 1 heterocycles. The molecule has 1 N–H and O–H groups in total. The van der Waals surface area contributed by atoms with Gasteiger partial charge in [0.2, 0.25) is 5.91 Å². The Kier molecular flexibility index (Phi) is 4.85. The molecule has 0 fully saturated rings. The summed E-state index contributed by atoms with van der Waals surface area (Å²) in [6.07, 6.45) is 3.33. The maximum Gasteiger partial charge on any atom is 0.248 e. The first kappa shape index (κ1) is 16.1. The van der Waals surface area contributed by atoms with E-state index in [4.69, 9.17) is 9.47 Å². The molecule has 2 aromatic rings. The Balaban J connectivity index is 1.62. The molecule has 0 saturated carbocycles. The third-order valence-electron chi connectivity index (χ3n) is 3.84. The van der Waals surface area contributed by atoms with Crippen molar-refractivity contribution in [2.75, 3.05) is 18.5 Å². The summed E-state index contributed by atoms with van der Waals surface area (Å²) in [4.78, 5) is 12.1. The summed E-state index contributed by atoms with van der Waals surface area (Å²) in [6, 6.07) is 13.6. The number of ether oxygens (including phenoxy) is 2. The zero-order valence-electron chi connectivity index (χ0n) is 13.9. The van der Waals surface area contributed by atoms with E-state index in [1.807, 2.05) is 12.1 Å². The van der Waals surface area contributed by atoms with Gasteiger partial charge in [0.25, 0.3) is 0 Å². The Morgan fingerprint density at radius 1 is 1.04 bits per heavy atom. The molecule has 0 spiro atoms. The molecule has 0 unspecified atom stereocenters. The molecule has 0 aliphatic carbocycles. The minimum absolute atomic E-state index is 0.181. The molecular weight excluding hydrogens is 302 g/mol. The van der Waals surface area contributed by atoms with Gasteiger partial charge in [-0.25, -0.2) is 0 Å². The smallest absolute Gasteiger partial charge is 0.248 e. The maximum atomic E-state index is 12.1. The number of nitrogens with one attached hydrogen (secondary N) is 1. The van der Waals surface area contributed by atoms with Gasteiger partial charge >= 0.3 is 0 Å². The van der Waals surface area contributed by atoms with E-state index in [-0.39, 0.29) is 5.91 Å². The van der Waals surface area contributed by atoms with Crippen LogP contribution in [0.3, 0.4) is 0 Å². The highest BCUT2D eigenvalue weighted by atomic mass is 16.6. The summed E-state index contributed by atoms with van der Waals surface area (Å²) in [5, 5.41) is 2.83. The van der Waals surface area contributed by atoms with Crippen LogP contribution in [-0.4, -0.2) is 19.1 Å². The van der Waals surface area contributed by atoms with Crippen molar-refractivity contribution in [2.45, 2.75) is 19.8 Å². The number of benzene rings is 2. The van der Waals surface area contributed by atoms with Crippen molar-refractivity contribution < 1.29 is 14.3 Å². The molecule has 3 rings (SSSR count). The Morgan fingerprint density at radius 2 is 1.75 bits per heavy atom. The van der Waals surface area contributed by atoms with E-state index in [0.29, 0.717) is 36.3 Å². The summed E-state index contributed by atoms with van der Waals surface area (Å²) < 4.78 is 11.0. The van der Waals surface area contributed by atoms with Gasteiger partial charge in [0, 0.05) is 17.8 Å². The zero-order valence-corrected chi connectivity index (χ0v) is 13.9. The van der Waals surface area contributed by atoms with Crippen LogP contribution in [0.4, 0.5) is 5.69 Å². The molecule has 1 aliphatic rings. The van der Waals surface area contributed by atoms with Crippen molar-refractivity contribution >= 4 is 17.7 Å². The Morgan fingerprint density at radius 3 is 2.46 bits per heavy atom. The molecular formula is C20H21NO3. The fourth-order valence-corrected chi connectivity index (χ4v) is 2.47. The number of hydrogen-bond donors (Lipinski definition) is 1. The van der Waals surface area contributed by atoms with Gasteiger partial charge in [0.1, 0.15) is 13.2 Å². The summed E-state index contributed by atoms with van der Waals surface area (Å²) in [5.74, 6) is 1.69. The first-order valence-electron chi connectivity index (χ1n) is 8.10. The lowest BCUT2D eigenvalue weighted by molar-refractivity contribution is -0.111. The average Bonchev–Trinajstić information content (AvgIpc) is 2.60. The lowest BCUT2D eigenvalue weighted by Gasteiger charge is -2.18. The number of fused-ring (bicyclic) bond motifs is 1. The van der Waals surface area contributed by atoms with Gasteiger partial charge in [-0.2, -0.15) is 0 Å². The molecule has 0 bridgehead atoms. The molecule has 0 radical (unpaired) electrons. The fraction of sp³-hybridized carbons (Fsp3) is 0.250. The highest BCUT2D eigenvalue weighted by Crippen LogP contribution is 2.32. The molecule has 2 aromatic carbocycles. The molecule has 0 aromatic heterocycles. The lowest BCUT2D eigenvalue weighted by Crippen LogP contribution is -2.16. The number of carbonyl (C=O) groups is 1. The van der Waals surface area contributed by atoms with E-state index < -0.39 is 0 Å². The largest absolute Gasteiger partial charge is 0.486 e. The van der Waals surface area contributed by atoms with Gasteiger partial charge in [-0.15, -0.1) is 0 Å². The monoisotopic (exact) mass is 323 g/mol. The summed E-state index contributed by atoms with van der Waals surface area (Å²) >= 11 is 0. The van der Waals surface area contributed by atoms with Gasteiger partial charge in [0.15, 0.2) is 11.5 Å². The van der Waals surface area contributed by atoms with E-state index in [1.165, 1.54) is 11.6 Å². The van der Waals surface area contributed by atoms with Gasteiger partial charge < -0.3 is 14.8 Å². The fourth-order valence-electron chi connectivity index (χ4n) is 2.47. The van der Waals surface area contributed by atoms with E-state index in [2.05, 4.69) is 31.3 Å². The SMILES string of the molecule is CC(C)c1ccc(/C=C/C(=O)Nc2ccc3c(c2)OCCO3)cc1. The predicted octanol–water partition coefficient (Wildman–Crippen LogP) is 4.23. The second kappa shape index (κ2) is 7.21. The minimum atomic E-state index is -0.181. The van der Waals surface area contributed by atoms with Crippen molar-refractivity contribution in [2.24, 2.45) is 0 Å². The van der Waals surface area contributed by atoms with Crippen LogP contribution in [0.25, 0.3) is 6.08 Å². The summed E-state index contributed by atoms with van der Waals surface area (Å²) in [5.41, 5.74) is 2.97. The highest BCUT2D eigenvalue weighted by molar-refractivity contribution is 6.02. The standard InChI is InChI=1S/C20H21NO3/c1-14(2)16-6-3-15(4-7-16)5-10-20(22)21-17-8-9-18-19(13-17)24-12-11-23-18/h3-10,13-14H,11-12H2,1-2H3,(H,21,22)/b10-5+. The van der Waals surface area contributed by atoms with Crippen LogP contribution in [0, 0.1) is 0 Å². The molecule has 4 nitrogen and oxygen atoms in total. The summed E-state index contributed by atoms with van der Waals surface area (Å²) in [6.45, 7) is 5.39. The molecule has 1 aliphatic heterocycles. The zero-order chi connectivity index (χ0) is 16.9. The molecule has 1 amide bonds. The maximum absolute atomic E-state index is 12.1. The second-order valence-corrected chi connectivity index (χ2v) is 6.00. The number of amides is 1. The van der Waals surface area contributed by atoms with E-state index in [1.54, 1.807) is 24.3 Å². The van der Waals surface area contributed by atoms with Gasteiger partial charge in [-0.1, -0.05) is 38.1 Å². The van der Waals surface area contributed by atoms with Crippen LogP contribution in [0.2, 0.25) is 0 Å². The van der Waals surface area contributed by atoms with Crippen molar-refractivity contribution in [1.29, 1.82) is 0 Å². The van der Waals surface area contributed by atoms with E-state index in [9.17, 15) is 4.79 Å². The number of hydrogen-bond acceptors (Lipinski definition) is 3. The third-order valence-corrected chi connectivity index (χ3v) is 3.84. The van der Waals surface area contributed by atoms with Crippen molar-refractivity contribution in [1.82, 2.24) is 0 Å². The van der Waals surface area contributed by atoms with E-state index >= 15 is 0 Å². The molecule has 0 saturated heterocycles. The average molecular weight is 323 g/mol. The first-order valence-corrected chi connectivity index (χ1v) is 8.10. The van der Waals surface area contributed by atoms with Crippen molar-refractivity contribution in [3.63, 3.8) is 0 Å². The van der Waals surface area contributed by atoms with Crippen LogP contribution >= 0.6 is 0 Å². The predicted molar refractivity (Wildman–Crippen MR) is 95.6 cm³/mol. The Labute approximate surface area is 142 Å². The lowest BCUT2D eigenvalue weighted by atomic mass is 10.0. The van der Waals surface area contributed by atoms with Crippen LogP contribution in [-0.2, 0) is 4.79 Å². The Hall–Kier alpha value is -2.75. The van der Waals surface area contributed by atoms with E-state index in [0.717, 1.165) is 5.56 Å². The highest BCUT2D eigenvalue weighted by Gasteiger charge is 2.12. The van der Waals surface area contributed by atoms with Crippen molar-refractivity contribution in [3.8, 4) is 11.5 Å². The minimum Gasteiger partial charge on any atom is -0.486 e. The van der Waals surface area contributed by atoms with Gasteiger partial charge in [0.05, 0.1) is 0 Å². The Bertz CT molecular complexity index is 748. The molecule has 0 atom stereocenters. The molecule has 124 valence electrons. The second-order valence-electron chi connectivity index (χ2n) is 6.00. The van der Waals surface area contributed by atoms with Gasteiger partial charge in [-0.3, -0.25) is 4.79 Å². The third kappa shape index (κ3) is 3.96. The van der Waals surface area contributed by atoms with Crippen LogP contribution < -0.4 is 14.8 Å². The van der Waals surface area contributed by atoms with Gasteiger partial charge in [-0.05, 0) is 35.3 Å². The topological polar surface area (TPSA) is 47.6 Å².